The second-order valence-electron chi connectivity index (χ2n) is 4.04. The Labute approximate surface area is 123 Å². The van der Waals surface area contributed by atoms with Crippen molar-refractivity contribution in [2.24, 2.45) is 0 Å². The van der Waals surface area contributed by atoms with E-state index in [0.29, 0.717) is 27.2 Å². The number of hydrogen-bond acceptors (Lipinski definition) is 2. The van der Waals surface area contributed by atoms with Gasteiger partial charge in [0.05, 0.1) is 10.6 Å². The van der Waals surface area contributed by atoms with Gasteiger partial charge in [-0.3, -0.25) is 9.00 Å². The topological polar surface area (TPSA) is 46.2 Å². The van der Waals surface area contributed by atoms with E-state index in [9.17, 15) is 9.00 Å². The number of rotatable bonds is 5. The van der Waals surface area contributed by atoms with Gasteiger partial charge in [-0.1, -0.05) is 17.7 Å². The molecule has 6 heteroatoms. The van der Waals surface area contributed by atoms with Gasteiger partial charge >= 0.3 is 0 Å². The average molecular weight is 353 g/mol. The van der Waals surface area contributed by atoms with Gasteiger partial charge < -0.3 is 5.32 Å². The molecule has 0 fully saturated rings. The van der Waals surface area contributed by atoms with Crippen molar-refractivity contribution in [2.45, 2.75) is 19.4 Å². The predicted octanol–water partition coefficient (Wildman–Crippen LogP) is 2.99. The Kier molecular flexibility index (Phi) is 6.32. The molecule has 1 aromatic rings. The molecular weight excluding hydrogens is 338 g/mol. The molecule has 0 heterocycles. The maximum atomic E-state index is 12.0. The molecule has 0 saturated carbocycles. The van der Waals surface area contributed by atoms with E-state index in [-0.39, 0.29) is 11.9 Å². The van der Waals surface area contributed by atoms with Crippen LogP contribution in [0.1, 0.15) is 23.7 Å². The van der Waals surface area contributed by atoms with Gasteiger partial charge in [0.1, 0.15) is 0 Å². The van der Waals surface area contributed by atoms with Crippen molar-refractivity contribution in [3.63, 3.8) is 0 Å². The molecule has 2 unspecified atom stereocenters. The van der Waals surface area contributed by atoms with Crippen LogP contribution in [-0.4, -0.2) is 28.2 Å². The Morgan fingerprint density at radius 3 is 2.83 bits per heavy atom. The van der Waals surface area contributed by atoms with Gasteiger partial charge in [0, 0.05) is 33.3 Å². The zero-order valence-electron chi connectivity index (χ0n) is 10.2. The molecule has 1 N–H and O–H groups in total. The van der Waals surface area contributed by atoms with Gasteiger partial charge in [-0.15, -0.1) is 0 Å². The molecule has 1 aromatic carbocycles. The lowest BCUT2D eigenvalue weighted by Gasteiger charge is -2.14. The van der Waals surface area contributed by atoms with Crippen molar-refractivity contribution < 1.29 is 9.00 Å². The fourth-order valence-corrected chi connectivity index (χ4v) is 2.66. The van der Waals surface area contributed by atoms with E-state index in [0.717, 1.165) is 0 Å². The summed E-state index contributed by atoms with van der Waals surface area (Å²) in [7, 11) is -0.838. The number of hydrogen-bond donors (Lipinski definition) is 1. The predicted molar refractivity (Wildman–Crippen MR) is 79.6 cm³/mol. The summed E-state index contributed by atoms with van der Waals surface area (Å²) >= 11 is 9.32. The highest BCUT2D eigenvalue weighted by molar-refractivity contribution is 9.10. The van der Waals surface area contributed by atoms with Crippen LogP contribution in [0, 0.1) is 0 Å². The Morgan fingerprint density at radius 2 is 2.22 bits per heavy atom. The number of nitrogens with one attached hydrogen (secondary N) is 1. The van der Waals surface area contributed by atoms with Gasteiger partial charge in [0.2, 0.25) is 0 Å². The number of halogens is 2. The SMILES string of the molecule is CC(CCS(C)=O)NC(=O)c1cccc(Br)c1Cl. The molecule has 100 valence electrons. The van der Waals surface area contributed by atoms with E-state index in [2.05, 4.69) is 21.2 Å². The first-order chi connectivity index (χ1) is 8.41. The molecule has 0 aliphatic heterocycles. The van der Waals surface area contributed by atoms with Gasteiger partial charge in [0.25, 0.3) is 5.91 Å². The summed E-state index contributed by atoms with van der Waals surface area (Å²) < 4.78 is 11.7. The van der Waals surface area contributed by atoms with Crippen molar-refractivity contribution >= 4 is 44.2 Å². The van der Waals surface area contributed by atoms with E-state index >= 15 is 0 Å². The fraction of sp³-hybridized carbons (Fsp3) is 0.417. The van der Waals surface area contributed by atoms with Crippen LogP contribution >= 0.6 is 27.5 Å². The molecule has 0 saturated heterocycles. The van der Waals surface area contributed by atoms with Crippen molar-refractivity contribution in [3.8, 4) is 0 Å². The summed E-state index contributed by atoms with van der Waals surface area (Å²) in [4.78, 5) is 12.0. The van der Waals surface area contributed by atoms with E-state index in [4.69, 9.17) is 11.6 Å². The largest absolute Gasteiger partial charge is 0.350 e. The van der Waals surface area contributed by atoms with Crippen molar-refractivity contribution in [1.82, 2.24) is 5.32 Å². The molecule has 0 spiro atoms. The Morgan fingerprint density at radius 1 is 1.56 bits per heavy atom. The molecule has 0 bridgehead atoms. The van der Waals surface area contributed by atoms with Gasteiger partial charge in [-0.2, -0.15) is 0 Å². The molecule has 0 radical (unpaired) electrons. The van der Waals surface area contributed by atoms with Gasteiger partial charge in [0.15, 0.2) is 0 Å². The van der Waals surface area contributed by atoms with Crippen LogP contribution < -0.4 is 5.32 Å². The second-order valence-corrected chi connectivity index (χ2v) is 6.83. The monoisotopic (exact) mass is 351 g/mol. The molecule has 18 heavy (non-hydrogen) atoms. The second kappa shape index (κ2) is 7.26. The van der Waals surface area contributed by atoms with Crippen LogP contribution in [0.15, 0.2) is 22.7 Å². The summed E-state index contributed by atoms with van der Waals surface area (Å²) in [6.45, 7) is 1.89. The Hall–Kier alpha value is -0.390. The van der Waals surface area contributed by atoms with E-state index in [1.54, 1.807) is 24.5 Å². The smallest absolute Gasteiger partial charge is 0.253 e. The van der Waals surface area contributed by atoms with Crippen LogP contribution in [0.25, 0.3) is 0 Å². The minimum absolute atomic E-state index is 0.0311. The van der Waals surface area contributed by atoms with E-state index < -0.39 is 10.8 Å². The number of amides is 1. The highest BCUT2D eigenvalue weighted by Gasteiger charge is 2.14. The molecule has 3 nitrogen and oxygen atoms in total. The maximum Gasteiger partial charge on any atom is 0.253 e. The zero-order chi connectivity index (χ0) is 13.7. The Bertz CT molecular complexity index is 467. The van der Waals surface area contributed by atoms with Gasteiger partial charge in [-0.25, -0.2) is 0 Å². The molecule has 1 rings (SSSR count). The highest BCUT2D eigenvalue weighted by atomic mass is 79.9. The summed E-state index contributed by atoms with van der Waals surface area (Å²) in [5.41, 5.74) is 0.440. The van der Waals surface area contributed by atoms with Crippen LogP contribution in [0.3, 0.4) is 0 Å². The zero-order valence-corrected chi connectivity index (χ0v) is 13.4. The normalized spacial score (nSPS) is 14.0. The van der Waals surface area contributed by atoms with Crippen LogP contribution in [0.2, 0.25) is 5.02 Å². The lowest BCUT2D eigenvalue weighted by Crippen LogP contribution is -2.33. The molecule has 0 aliphatic rings. The van der Waals surface area contributed by atoms with Crippen molar-refractivity contribution in [2.75, 3.05) is 12.0 Å². The fourth-order valence-electron chi connectivity index (χ4n) is 1.40. The minimum atomic E-state index is -0.838. The highest BCUT2D eigenvalue weighted by Crippen LogP contribution is 2.25. The summed E-state index contributed by atoms with van der Waals surface area (Å²) in [5, 5.41) is 3.24. The quantitative estimate of drug-likeness (QED) is 0.885. The number of carbonyl (C=O) groups excluding carboxylic acids is 1. The van der Waals surface area contributed by atoms with Gasteiger partial charge in [-0.05, 0) is 41.4 Å². The third-order valence-electron chi connectivity index (χ3n) is 2.41. The maximum absolute atomic E-state index is 12.0. The first-order valence-corrected chi connectivity index (χ1v) is 8.36. The minimum Gasteiger partial charge on any atom is -0.350 e. The third kappa shape index (κ3) is 4.71. The number of benzene rings is 1. The lowest BCUT2D eigenvalue weighted by molar-refractivity contribution is 0.0939. The van der Waals surface area contributed by atoms with E-state index in [1.165, 1.54) is 0 Å². The van der Waals surface area contributed by atoms with E-state index in [1.807, 2.05) is 6.92 Å². The lowest BCUT2D eigenvalue weighted by atomic mass is 10.2. The van der Waals surface area contributed by atoms with Crippen LogP contribution in [-0.2, 0) is 10.8 Å². The molecular formula is C12H15BrClNO2S. The summed E-state index contributed by atoms with van der Waals surface area (Å²) in [6.07, 6.45) is 2.33. The Balaban J connectivity index is 2.65. The molecule has 1 amide bonds. The molecule has 0 aromatic heterocycles. The summed E-state index contributed by atoms with van der Waals surface area (Å²) in [6, 6.07) is 5.18. The molecule has 2 atom stereocenters. The van der Waals surface area contributed by atoms with Crippen LogP contribution in [0.4, 0.5) is 0 Å². The van der Waals surface area contributed by atoms with Crippen molar-refractivity contribution in [3.05, 3.63) is 33.3 Å². The summed E-state index contributed by atoms with van der Waals surface area (Å²) in [5.74, 6) is 0.365. The molecule has 0 aliphatic carbocycles. The van der Waals surface area contributed by atoms with Crippen LogP contribution in [0.5, 0.6) is 0 Å². The number of carbonyl (C=O) groups is 1. The first kappa shape index (κ1) is 15.7. The first-order valence-electron chi connectivity index (χ1n) is 5.46. The standard InChI is InChI=1S/C12H15BrClNO2S/c1-8(6-7-18(2)17)15-12(16)9-4-3-5-10(13)11(9)14/h3-5,8H,6-7H2,1-2H3,(H,15,16). The third-order valence-corrected chi connectivity index (χ3v) is 4.52. The average Bonchev–Trinajstić information content (AvgIpc) is 2.30. The van der Waals surface area contributed by atoms with Crippen molar-refractivity contribution in [1.29, 1.82) is 0 Å².